The molecular weight excluding hydrogens is 328 g/mol. The van der Waals surface area contributed by atoms with Gasteiger partial charge in [0.15, 0.2) is 0 Å². The molecule has 0 atom stereocenters. The molecule has 3 aromatic rings. The third-order valence-electron chi connectivity index (χ3n) is 4.12. The third-order valence-corrected chi connectivity index (χ3v) is 4.12. The number of pyridine rings is 1. The Morgan fingerprint density at radius 3 is 2.77 bits per heavy atom. The predicted octanol–water partition coefficient (Wildman–Crippen LogP) is 2.83. The van der Waals surface area contributed by atoms with Crippen LogP contribution >= 0.6 is 0 Å². The number of nitriles is 1. The lowest BCUT2D eigenvalue weighted by Gasteiger charge is -2.20. The minimum Gasteiger partial charge on any atom is -0.386 e. The Bertz CT molecular complexity index is 1070. The van der Waals surface area contributed by atoms with Gasteiger partial charge in [0, 0.05) is 40.5 Å². The maximum absolute atomic E-state index is 11.0. The smallest absolute Gasteiger partial charge is 0.241 e. The quantitative estimate of drug-likeness (QED) is 0.630. The first-order chi connectivity index (χ1) is 12.3. The van der Waals surface area contributed by atoms with Crippen molar-refractivity contribution in [1.82, 2.24) is 9.97 Å². The monoisotopic (exact) mass is 346 g/mol. The van der Waals surface area contributed by atoms with Crippen LogP contribution in [0.2, 0.25) is 0 Å². The average molecular weight is 346 g/mol. The van der Waals surface area contributed by atoms with E-state index in [0.29, 0.717) is 16.8 Å². The van der Waals surface area contributed by atoms with Crippen LogP contribution in [-0.2, 0) is 10.4 Å². The summed E-state index contributed by atoms with van der Waals surface area (Å²) in [4.78, 5) is 18.4. The van der Waals surface area contributed by atoms with E-state index in [1.165, 1.54) is 6.08 Å². The van der Waals surface area contributed by atoms with Crippen molar-refractivity contribution >= 4 is 23.0 Å². The molecule has 0 aliphatic heterocycles. The normalized spacial score (nSPS) is 11.8. The highest BCUT2D eigenvalue weighted by atomic mass is 16.3. The van der Waals surface area contributed by atoms with Crippen LogP contribution in [0.3, 0.4) is 0 Å². The van der Waals surface area contributed by atoms with E-state index in [9.17, 15) is 15.2 Å². The number of nitrogens with zero attached hydrogens (tertiary/aromatic N) is 2. The molecule has 0 saturated carbocycles. The van der Waals surface area contributed by atoms with Crippen molar-refractivity contribution in [3.8, 4) is 17.2 Å². The zero-order chi connectivity index (χ0) is 18.9. The molecule has 3 rings (SSSR count). The van der Waals surface area contributed by atoms with Crippen LogP contribution in [0.4, 0.5) is 0 Å². The number of amides is 1. The summed E-state index contributed by atoms with van der Waals surface area (Å²) in [5.74, 6) is -0.523. The van der Waals surface area contributed by atoms with Gasteiger partial charge in [0.2, 0.25) is 5.91 Å². The Balaban J connectivity index is 2.13. The highest BCUT2D eigenvalue weighted by Gasteiger charge is 2.21. The van der Waals surface area contributed by atoms with E-state index < -0.39 is 11.5 Å². The Kier molecular flexibility index (Phi) is 4.33. The second-order valence-electron chi connectivity index (χ2n) is 6.53. The molecule has 6 nitrogen and oxygen atoms in total. The molecule has 0 fully saturated rings. The van der Waals surface area contributed by atoms with Gasteiger partial charge in [0.05, 0.1) is 17.2 Å². The zero-order valence-electron chi connectivity index (χ0n) is 14.4. The molecule has 26 heavy (non-hydrogen) atoms. The molecule has 2 aromatic heterocycles. The van der Waals surface area contributed by atoms with Crippen LogP contribution in [0, 0.1) is 11.3 Å². The number of nitrogens with two attached hydrogens (primary N) is 1. The van der Waals surface area contributed by atoms with Crippen LogP contribution in [0.1, 0.15) is 30.5 Å². The van der Waals surface area contributed by atoms with Crippen molar-refractivity contribution in [1.29, 1.82) is 5.26 Å². The summed E-state index contributed by atoms with van der Waals surface area (Å²) in [6, 6.07) is 9.36. The van der Waals surface area contributed by atoms with Crippen molar-refractivity contribution in [2.45, 2.75) is 19.4 Å². The summed E-state index contributed by atoms with van der Waals surface area (Å²) in [5.41, 5.74) is 8.16. The van der Waals surface area contributed by atoms with Gasteiger partial charge in [-0.3, -0.25) is 4.79 Å². The highest BCUT2D eigenvalue weighted by Crippen LogP contribution is 2.30. The van der Waals surface area contributed by atoms with Gasteiger partial charge in [-0.05, 0) is 43.7 Å². The van der Waals surface area contributed by atoms with Gasteiger partial charge in [0.25, 0.3) is 0 Å². The summed E-state index contributed by atoms with van der Waals surface area (Å²) < 4.78 is 0. The molecule has 6 heteroatoms. The van der Waals surface area contributed by atoms with Crippen molar-refractivity contribution in [3.05, 3.63) is 59.4 Å². The van der Waals surface area contributed by atoms with Crippen molar-refractivity contribution in [2.75, 3.05) is 0 Å². The third kappa shape index (κ3) is 3.34. The Hall–Kier alpha value is -3.43. The molecule has 0 aliphatic carbocycles. The van der Waals surface area contributed by atoms with Crippen molar-refractivity contribution < 1.29 is 9.90 Å². The number of aromatic amines is 1. The molecule has 0 bridgehead atoms. The molecule has 0 saturated heterocycles. The molecule has 0 aliphatic rings. The number of nitrogens with one attached hydrogen (secondary N) is 1. The second-order valence-corrected chi connectivity index (χ2v) is 6.53. The van der Waals surface area contributed by atoms with Crippen LogP contribution in [-0.4, -0.2) is 21.0 Å². The molecule has 0 unspecified atom stereocenters. The fourth-order valence-electron chi connectivity index (χ4n) is 2.82. The first-order valence-corrected chi connectivity index (χ1v) is 8.01. The molecule has 4 N–H and O–H groups in total. The topological polar surface area (TPSA) is 116 Å². The zero-order valence-corrected chi connectivity index (χ0v) is 14.4. The number of aromatic nitrogens is 2. The van der Waals surface area contributed by atoms with Gasteiger partial charge in [-0.25, -0.2) is 4.98 Å². The fourth-order valence-corrected chi connectivity index (χ4v) is 2.82. The van der Waals surface area contributed by atoms with Crippen molar-refractivity contribution in [2.24, 2.45) is 5.73 Å². The maximum Gasteiger partial charge on any atom is 0.241 e. The molecular formula is C20H18N4O2. The minimum absolute atomic E-state index is 0.432. The lowest BCUT2D eigenvalue weighted by atomic mass is 9.90. The van der Waals surface area contributed by atoms with Crippen LogP contribution in [0.5, 0.6) is 0 Å². The Morgan fingerprint density at radius 2 is 2.12 bits per heavy atom. The number of primary amides is 1. The lowest BCUT2D eigenvalue weighted by Crippen LogP contribution is -2.17. The van der Waals surface area contributed by atoms with Gasteiger partial charge in [-0.2, -0.15) is 5.26 Å². The number of benzene rings is 1. The van der Waals surface area contributed by atoms with Gasteiger partial charge in [-0.15, -0.1) is 0 Å². The number of carbonyl (C=O) groups is 1. The van der Waals surface area contributed by atoms with Gasteiger partial charge in [0.1, 0.15) is 5.65 Å². The van der Waals surface area contributed by atoms with E-state index in [1.54, 1.807) is 44.4 Å². The maximum atomic E-state index is 11.0. The largest absolute Gasteiger partial charge is 0.386 e. The lowest BCUT2D eigenvalue weighted by molar-refractivity contribution is -0.113. The first kappa shape index (κ1) is 17.4. The number of carbonyl (C=O) groups excluding carboxylic acids is 1. The summed E-state index contributed by atoms with van der Waals surface area (Å²) in [5, 5.41) is 20.5. The van der Waals surface area contributed by atoms with Crippen molar-refractivity contribution in [3.63, 3.8) is 0 Å². The fraction of sp³-hybridized carbons (Fsp3) is 0.150. The molecule has 2 heterocycles. The van der Waals surface area contributed by atoms with E-state index in [4.69, 9.17) is 5.73 Å². The Labute approximate surface area is 150 Å². The SMILES string of the molecule is CC(C)(O)c1cc(-c2cnc3[nH]cc(C=CC(N)=O)c3c2)ccc1C#N. The van der Waals surface area contributed by atoms with Crippen LogP contribution in [0.15, 0.2) is 42.7 Å². The molecule has 1 amide bonds. The molecule has 130 valence electrons. The summed E-state index contributed by atoms with van der Waals surface area (Å²) in [6.07, 6.45) is 6.40. The van der Waals surface area contributed by atoms with Gasteiger partial charge in [-0.1, -0.05) is 6.07 Å². The molecule has 0 radical (unpaired) electrons. The molecule has 1 aromatic carbocycles. The molecule has 0 spiro atoms. The number of rotatable bonds is 4. The van der Waals surface area contributed by atoms with Crippen LogP contribution in [0.25, 0.3) is 28.2 Å². The predicted molar refractivity (Wildman–Crippen MR) is 99.7 cm³/mol. The summed E-state index contributed by atoms with van der Waals surface area (Å²) >= 11 is 0. The van der Waals surface area contributed by atoms with Gasteiger partial charge < -0.3 is 15.8 Å². The second kappa shape index (κ2) is 6.47. The van der Waals surface area contributed by atoms with E-state index in [1.807, 2.05) is 12.1 Å². The number of H-pyrrole nitrogens is 1. The highest BCUT2D eigenvalue weighted by molar-refractivity contribution is 5.95. The minimum atomic E-state index is -1.14. The van der Waals surface area contributed by atoms with E-state index in [2.05, 4.69) is 16.0 Å². The number of hydrogen-bond donors (Lipinski definition) is 3. The Morgan fingerprint density at radius 1 is 1.35 bits per heavy atom. The summed E-state index contributed by atoms with van der Waals surface area (Å²) in [7, 11) is 0. The average Bonchev–Trinajstić information content (AvgIpc) is 3.00. The van der Waals surface area contributed by atoms with Gasteiger partial charge >= 0.3 is 0 Å². The summed E-state index contributed by atoms with van der Waals surface area (Å²) in [6.45, 7) is 3.29. The van der Waals surface area contributed by atoms with E-state index in [0.717, 1.165) is 22.1 Å². The number of aliphatic hydroxyl groups is 1. The number of fused-ring (bicyclic) bond motifs is 1. The van der Waals surface area contributed by atoms with Crippen LogP contribution < -0.4 is 5.73 Å². The standard InChI is InChI=1S/C20H18N4O2/c1-20(2,26)17-8-12(3-4-13(17)9-21)15-7-16-14(5-6-18(22)25)10-23-19(16)24-11-15/h3-8,10-11,26H,1-2H3,(H2,22,25)(H,23,24). The number of hydrogen-bond acceptors (Lipinski definition) is 4. The van der Waals surface area contributed by atoms with E-state index in [-0.39, 0.29) is 0 Å². The van der Waals surface area contributed by atoms with E-state index >= 15 is 0 Å². The first-order valence-electron chi connectivity index (χ1n) is 8.01.